The van der Waals surface area contributed by atoms with E-state index in [2.05, 4.69) is 24.1 Å². The summed E-state index contributed by atoms with van der Waals surface area (Å²) in [6.45, 7) is 8.00. The molecule has 152 valence electrons. The number of carbonyl (C=O) groups is 2. The fraction of sp³-hybridized carbons (Fsp3) is 0.500. The summed E-state index contributed by atoms with van der Waals surface area (Å²) < 4.78 is 1.67. The molecule has 1 heterocycles. The lowest BCUT2D eigenvalue weighted by Gasteiger charge is -2.21. The Hall–Kier alpha value is -2.35. The second kappa shape index (κ2) is 9.73. The van der Waals surface area contributed by atoms with E-state index in [-0.39, 0.29) is 11.6 Å². The molecule has 3 N–H and O–H groups in total. The van der Waals surface area contributed by atoms with Crippen molar-refractivity contribution < 1.29 is 9.59 Å². The Balaban J connectivity index is 2.40. The molecule has 0 radical (unpaired) electrons. The molecule has 3 amide bonds. The van der Waals surface area contributed by atoms with E-state index in [0.29, 0.717) is 22.0 Å². The number of imide groups is 1. The van der Waals surface area contributed by atoms with Crippen molar-refractivity contribution in [1.29, 1.82) is 0 Å². The Kier molecular flexibility index (Phi) is 7.62. The van der Waals surface area contributed by atoms with E-state index in [0.717, 1.165) is 31.0 Å². The molecular weight excluding hydrogens is 376 g/mol. The van der Waals surface area contributed by atoms with Crippen molar-refractivity contribution in [2.24, 2.45) is 11.7 Å². The maximum Gasteiger partial charge on any atom is 0.318 e. The molecule has 0 saturated carbocycles. The Morgan fingerprint density at radius 2 is 1.86 bits per heavy atom. The van der Waals surface area contributed by atoms with E-state index in [1.165, 1.54) is 0 Å². The second-order valence-corrected chi connectivity index (χ2v) is 8.68. The van der Waals surface area contributed by atoms with Crippen LogP contribution in [0.25, 0.3) is 10.9 Å². The first kappa shape index (κ1) is 21.9. The van der Waals surface area contributed by atoms with Gasteiger partial charge in [-0.3, -0.25) is 19.5 Å². The van der Waals surface area contributed by atoms with Crippen LogP contribution in [0.5, 0.6) is 0 Å². The number of hydrogen-bond donors (Lipinski definition) is 2. The Labute approximate surface area is 169 Å². The molecule has 2 rings (SSSR count). The Bertz CT molecular complexity index is 910. The fourth-order valence-corrected chi connectivity index (χ4v) is 3.99. The molecular formula is C20H28N4O3S. The molecule has 0 fully saturated rings. The first-order valence-electron chi connectivity index (χ1n) is 9.49. The monoisotopic (exact) mass is 404 g/mol. The number of amides is 3. The van der Waals surface area contributed by atoms with Gasteiger partial charge in [0.1, 0.15) is 0 Å². The van der Waals surface area contributed by atoms with Crippen LogP contribution in [0.3, 0.4) is 0 Å². The van der Waals surface area contributed by atoms with Crippen LogP contribution in [0.2, 0.25) is 0 Å². The predicted molar refractivity (Wildman–Crippen MR) is 112 cm³/mol. The molecule has 7 nitrogen and oxygen atoms in total. The van der Waals surface area contributed by atoms with E-state index < -0.39 is 17.2 Å². The van der Waals surface area contributed by atoms with Gasteiger partial charge < -0.3 is 5.73 Å². The molecule has 28 heavy (non-hydrogen) atoms. The van der Waals surface area contributed by atoms with Crippen molar-refractivity contribution in [1.82, 2.24) is 14.9 Å². The summed E-state index contributed by atoms with van der Waals surface area (Å²) in [6.07, 6.45) is 2.92. The number of benzene rings is 1. The number of urea groups is 1. The topological polar surface area (TPSA) is 107 Å². The van der Waals surface area contributed by atoms with E-state index in [9.17, 15) is 14.4 Å². The maximum absolute atomic E-state index is 13.2. The maximum atomic E-state index is 13.2. The highest BCUT2D eigenvalue weighted by molar-refractivity contribution is 8.00. The molecule has 2 atom stereocenters. The minimum absolute atomic E-state index is 0.0581. The summed E-state index contributed by atoms with van der Waals surface area (Å²) in [4.78, 5) is 40.8. The predicted octanol–water partition coefficient (Wildman–Crippen LogP) is 3.46. The molecule has 0 bridgehead atoms. The average molecular weight is 405 g/mol. The number of nitrogens with two attached hydrogens (primary N) is 1. The molecule has 0 spiro atoms. The zero-order valence-corrected chi connectivity index (χ0v) is 17.6. The number of rotatable bonds is 8. The molecule has 0 aliphatic heterocycles. The van der Waals surface area contributed by atoms with Gasteiger partial charge in [0, 0.05) is 6.04 Å². The summed E-state index contributed by atoms with van der Waals surface area (Å²) in [7, 11) is 0. The molecule has 0 saturated heterocycles. The van der Waals surface area contributed by atoms with Crippen LogP contribution in [0, 0.1) is 5.92 Å². The molecule has 0 aliphatic carbocycles. The van der Waals surface area contributed by atoms with Gasteiger partial charge in [-0.05, 0) is 38.3 Å². The quantitative estimate of drug-likeness (QED) is 0.517. The summed E-state index contributed by atoms with van der Waals surface area (Å²) in [5.74, 6) is 0.0870. The van der Waals surface area contributed by atoms with E-state index in [1.54, 1.807) is 23.6 Å². The molecule has 1 aromatic carbocycles. The van der Waals surface area contributed by atoms with Crippen molar-refractivity contribution in [3.63, 3.8) is 0 Å². The van der Waals surface area contributed by atoms with Crippen LogP contribution in [-0.2, 0) is 4.79 Å². The molecule has 0 aliphatic rings. The Morgan fingerprint density at radius 1 is 1.18 bits per heavy atom. The van der Waals surface area contributed by atoms with Crippen molar-refractivity contribution in [2.45, 2.75) is 63.4 Å². The van der Waals surface area contributed by atoms with Gasteiger partial charge in [-0.15, -0.1) is 0 Å². The van der Waals surface area contributed by atoms with Gasteiger partial charge in [0.15, 0.2) is 5.16 Å². The fourth-order valence-electron chi connectivity index (χ4n) is 2.98. The molecule has 1 aromatic heterocycles. The van der Waals surface area contributed by atoms with Crippen LogP contribution in [0.15, 0.2) is 34.2 Å². The van der Waals surface area contributed by atoms with Crippen LogP contribution >= 0.6 is 11.8 Å². The number of carbonyl (C=O) groups excluding carboxylic acids is 2. The van der Waals surface area contributed by atoms with Gasteiger partial charge in [-0.25, -0.2) is 9.78 Å². The third kappa shape index (κ3) is 5.58. The van der Waals surface area contributed by atoms with E-state index in [4.69, 9.17) is 5.73 Å². The highest BCUT2D eigenvalue weighted by atomic mass is 32.2. The van der Waals surface area contributed by atoms with Gasteiger partial charge >= 0.3 is 6.03 Å². The summed E-state index contributed by atoms with van der Waals surface area (Å²) in [5, 5.41) is 2.46. The van der Waals surface area contributed by atoms with E-state index in [1.807, 2.05) is 19.1 Å². The third-order valence-corrected chi connectivity index (χ3v) is 5.58. The highest BCUT2D eigenvalue weighted by Gasteiger charge is 2.22. The first-order chi connectivity index (χ1) is 13.2. The number of nitrogens with zero attached hydrogens (tertiary/aromatic N) is 2. The number of para-hydroxylation sites is 1. The highest BCUT2D eigenvalue weighted by Crippen LogP contribution is 2.27. The smallest absolute Gasteiger partial charge is 0.318 e. The largest absolute Gasteiger partial charge is 0.351 e. The van der Waals surface area contributed by atoms with Crippen molar-refractivity contribution in [3.05, 3.63) is 34.6 Å². The molecule has 2 aromatic rings. The zero-order valence-electron chi connectivity index (χ0n) is 16.8. The Morgan fingerprint density at radius 3 is 2.50 bits per heavy atom. The van der Waals surface area contributed by atoms with E-state index >= 15 is 0 Å². The lowest BCUT2D eigenvalue weighted by Crippen LogP contribution is -2.39. The van der Waals surface area contributed by atoms with Gasteiger partial charge in [0.25, 0.3) is 5.56 Å². The van der Waals surface area contributed by atoms with Crippen LogP contribution in [0.4, 0.5) is 4.79 Å². The zero-order chi connectivity index (χ0) is 20.8. The number of fused-ring (bicyclic) bond motifs is 1. The summed E-state index contributed by atoms with van der Waals surface area (Å²) in [5.41, 5.74) is 5.50. The van der Waals surface area contributed by atoms with Crippen molar-refractivity contribution in [2.75, 3.05) is 0 Å². The van der Waals surface area contributed by atoms with Gasteiger partial charge in [0.2, 0.25) is 5.91 Å². The minimum atomic E-state index is -0.900. The average Bonchev–Trinajstić information content (AvgIpc) is 2.60. The number of thioether (sulfide) groups is 1. The van der Waals surface area contributed by atoms with Gasteiger partial charge in [0.05, 0.1) is 16.2 Å². The van der Waals surface area contributed by atoms with Crippen LogP contribution in [-0.4, -0.2) is 26.7 Å². The molecule has 8 heteroatoms. The number of hydrogen-bond acceptors (Lipinski definition) is 5. The summed E-state index contributed by atoms with van der Waals surface area (Å²) in [6, 6.07) is 6.22. The van der Waals surface area contributed by atoms with Gasteiger partial charge in [-0.2, -0.15) is 0 Å². The standard InChI is InChI=1S/C20H28N4O3S/c1-12(2)8-7-9-13(3)24-18(26)15-10-5-6-11-16(15)22-20(24)28-14(4)17(25)23-19(21)27/h5-6,10-14H,7-9H2,1-4H3,(H3,21,23,25,27)/t13-,14-/m1/s1. The summed E-state index contributed by atoms with van der Waals surface area (Å²) >= 11 is 1.15. The number of aromatic nitrogens is 2. The van der Waals surface area contributed by atoms with Crippen LogP contribution in [0.1, 0.15) is 53.0 Å². The van der Waals surface area contributed by atoms with Crippen LogP contribution < -0.4 is 16.6 Å². The number of primary amides is 1. The minimum Gasteiger partial charge on any atom is -0.351 e. The van der Waals surface area contributed by atoms with Crippen molar-refractivity contribution in [3.8, 4) is 0 Å². The van der Waals surface area contributed by atoms with Crippen molar-refractivity contribution >= 4 is 34.6 Å². The lowest BCUT2D eigenvalue weighted by atomic mass is 10.0. The molecule has 0 unspecified atom stereocenters. The normalized spacial score (nSPS) is 13.5. The third-order valence-electron chi connectivity index (χ3n) is 4.52. The lowest BCUT2D eigenvalue weighted by molar-refractivity contribution is -0.119. The SMILES string of the molecule is CC(C)CCC[C@@H](C)n1c(S[C@H](C)C(=O)NC(N)=O)nc2ccccc2c1=O. The second-order valence-electron chi connectivity index (χ2n) is 7.37. The first-order valence-corrected chi connectivity index (χ1v) is 10.4. The number of nitrogens with one attached hydrogen (secondary N) is 1. The van der Waals surface area contributed by atoms with Gasteiger partial charge in [-0.1, -0.05) is 50.6 Å².